The standard InChI is InChI=1S/C12H25N3O/c1-4-14-12(11(13)16)8-5-6-10(12)7-9-15(2)3/h10,14H,4-9H2,1-3H3,(H2,13,16). The maximum atomic E-state index is 11.7. The summed E-state index contributed by atoms with van der Waals surface area (Å²) in [5, 5.41) is 3.34. The topological polar surface area (TPSA) is 58.4 Å². The van der Waals surface area contributed by atoms with Crippen molar-refractivity contribution in [3.63, 3.8) is 0 Å². The lowest BCUT2D eigenvalue weighted by Gasteiger charge is -2.34. The minimum Gasteiger partial charge on any atom is -0.368 e. The summed E-state index contributed by atoms with van der Waals surface area (Å²) in [6.07, 6.45) is 4.16. The maximum absolute atomic E-state index is 11.7. The average Bonchev–Trinajstić information content (AvgIpc) is 2.60. The Morgan fingerprint density at radius 1 is 1.56 bits per heavy atom. The fourth-order valence-electron chi connectivity index (χ4n) is 2.84. The second kappa shape index (κ2) is 5.64. The van der Waals surface area contributed by atoms with Gasteiger partial charge in [0.15, 0.2) is 0 Å². The van der Waals surface area contributed by atoms with Gasteiger partial charge in [-0.2, -0.15) is 0 Å². The van der Waals surface area contributed by atoms with E-state index < -0.39 is 5.54 Å². The van der Waals surface area contributed by atoms with Gasteiger partial charge in [0.1, 0.15) is 5.54 Å². The summed E-state index contributed by atoms with van der Waals surface area (Å²) in [7, 11) is 4.13. The van der Waals surface area contributed by atoms with Gasteiger partial charge in [-0.3, -0.25) is 4.79 Å². The summed E-state index contributed by atoms with van der Waals surface area (Å²) in [5.41, 5.74) is 5.16. The van der Waals surface area contributed by atoms with Crippen molar-refractivity contribution < 1.29 is 4.79 Å². The Labute approximate surface area is 98.6 Å². The number of carbonyl (C=O) groups is 1. The Morgan fingerprint density at radius 3 is 2.75 bits per heavy atom. The van der Waals surface area contributed by atoms with Crippen molar-refractivity contribution in [3.05, 3.63) is 0 Å². The SMILES string of the molecule is CCNC1(C(N)=O)CCCC1CCN(C)C. The van der Waals surface area contributed by atoms with Gasteiger partial charge in [0.05, 0.1) is 0 Å². The van der Waals surface area contributed by atoms with Crippen LogP contribution in [-0.2, 0) is 4.79 Å². The molecule has 1 rings (SSSR count). The third-order valence-electron chi connectivity index (χ3n) is 3.68. The van der Waals surface area contributed by atoms with Gasteiger partial charge >= 0.3 is 0 Å². The fourth-order valence-corrected chi connectivity index (χ4v) is 2.84. The van der Waals surface area contributed by atoms with Crippen molar-refractivity contribution in [1.82, 2.24) is 10.2 Å². The van der Waals surface area contributed by atoms with Crippen molar-refractivity contribution in [1.29, 1.82) is 0 Å². The number of hydrogen-bond donors (Lipinski definition) is 2. The number of nitrogens with two attached hydrogens (primary N) is 1. The van der Waals surface area contributed by atoms with Crippen LogP contribution in [0.4, 0.5) is 0 Å². The second-order valence-electron chi connectivity index (χ2n) is 5.05. The molecule has 0 aromatic heterocycles. The molecule has 0 spiro atoms. The number of nitrogens with one attached hydrogen (secondary N) is 1. The molecule has 0 aromatic rings. The lowest BCUT2D eigenvalue weighted by atomic mass is 9.83. The molecule has 1 aliphatic rings. The number of rotatable bonds is 6. The molecule has 0 radical (unpaired) electrons. The normalized spacial score (nSPS) is 29.9. The molecule has 0 aromatic carbocycles. The van der Waals surface area contributed by atoms with Gasteiger partial charge in [0.25, 0.3) is 0 Å². The summed E-state index contributed by atoms with van der Waals surface area (Å²) >= 11 is 0. The van der Waals surface area contributed by atoms with E-state index in [0.717, 1.165) is 38.8 Å². The maximum Gasteiger partial charge on any atom is 0.238 e. The van der Waals surface area contributed by atoms with Gasteiger partial charge < -0.3 is 16.0 Å². The molecule has 2 unspecified atom stereocenters. The second-order valence-corrected chi connectivity index (χ2v) is 5.05. The molecule has 0 saturated heterocycles. The summed E-state index contributed by atoms with van der Waals surface area (Å²) in [6, 6.07) is 0. The van der Waals surface area contributed by atoms with Gasteiger partial charge in [-0.1, -0.05) is 13.3 Å². The molecule has 0 bridgehead atoms. The van der Waals surface area contributed by atoms with Crippen LogP contribution >= 0.6 is 0 Å². The third kappa shape index (κ3) is 2.74. The lowest BCUT2D eigenvalue weighted by molar-refractivity contribution is -0.126. The summed E-state index contributed by atoms with van der Waals surface area (Å²) in [6.45, 7) is 3.86. The number of nitrogens with zero attached hydrogens (tertiary/aromatic N) is 1. The van der Waals surface area contributed by atoms with E-state index in [0.29, 0.717) is 5.92 Å². The molecule has 0 aliphatic heterocycles. The first-order valence-electron chi connectivity index (χ1n) is 6.22. The summed E-state index contributed by atoms with van der Waals surface area (Å²) in [4.78, 5) is 13.9. The fraction of sp³-hybridized carbons (Fsp3) is 0.917. The predicted octanol–water partition coefficient (Wildman–Crippen LogP) is 0.572. The Morgan fingerprint density at radius 2 is 2.25 bits per heavy atom. The predicted molar refractivity (Wildman–Crippen MR) is 66.1 cm³/mol. The summed E-state index contributed by atoms with van der Waals surface area (Å²) in [5.74, 6) is 0.225. The van der Waals surface area contributed by atoms with Gasteiger partial charge in [-0.25, -0.2) is 0 Å². The molecule has 1 amide bonds. The van der Waals surface area contributed by atoms with Gasteiger partial charge in [0, 0.05) is 0 Å². The van der Waals surface area contributed by atoms with Gasteiger partial charge in [-0.15, -0.1) is 0 Å². The van der Waals surface area contributed by atoms with Crippen molar-refractivity contribution >= 4 is 5.91 Å². The molecule has 1 fully saturated rings. The van der Waals surface area contributed by atoms with Crippen LogP contribution in [0, 0.1) is 5.92 Å². The number of carbonyl (C=O) groups excluding carboxylic acids is 1. The molecule has 16 heavy (non-hydrogen) atoms. The average molecular weight is 227 g/mol. The van der Waals surface area contributed by atoms with Crippen LogP contribution < -0.4 is 11.1 Å². The van der Waals surface area contributed by atoms with Crippen molar-refractivity contribution in [2.45, 2.75) is 38.1 Å². The minimum absolute atomic E-state index is 0.171. The van der Waals surface area contributed by atoms with E-state index in [1.807, 2.05) is 6.92 Å². The number of primary amides is 1. The molecule has 4 nitrogen and oxygen atoms in total. The highest BCUT2D eigenvalue weighted by atomic mass is 16.1. The van der Waals surface area contributed by atoms with Crippen LogP contribution in [0.15, 0.2) is 0 Å². The Bertz CT molecular complexity index is 242. The van der Waals surface area contributed by atoms with E-state index >= 15 is 0 Å². The zero-order chi connectivity index (χ0) is 12.2. The number of likely N-dealkylation sites (N-methyl/N-ethyl adjacent to an activating group) is 1. The summed E-state index contributed by atoms with van der Waals surface area (Å²) < 4.78 is 0. The zero-order valence-electron chi connectivity index (χ0n) is 10.8. The molecule has 1 aliphatic carbocycles. The van der Waals surface area contributed by atoms with Crippen LogP contribution in [0.1, 0.15) is 32.6 Å². The highest BCUT2D eigenvalue weighted by Crippen LogP contribution is 2.37. The van der Waals surface area contributed by atoms with Crippen LogP contribution in [0.2, 0.25) is 0 Å². The van der Waals surface area contributed by atoms with E-state index in [1.165, 1.54) is 0 Å². The highest BCUT2D eigenvalue weighted by Gasteiger charge is 2.46. The van der Waals surface area contributed by atoms with Crippen LogP contribution in [0.5, 0.6) is 0 Å². The molecular formula is C12H25N3O. The van der Waals surface area contributed by atoms with Crippen molar-refractivity contribution in [2.75, 3.05) is 27.2 Å². The number of hydrogen-bond acceptors (Lipinski definition) is 3. The molecule has 3 N–H and O–H groups in total. The van der Waals surface area contributed by atoms with Crippen LogP contribution in [0.25, 0.3) is 0 Å². The third-order valence-corrected chi connectivity index (χ3v) is 3.68. The van der Waals surface area contributed by atoms with Crippen molar-refractivity contribution in [2.24, 2.45) is 11.7 Å². The van der Waals surface area contributed by atoms with Crippen molar-refractivity contribution in [3.8, 4) is 0 Å². The quantitative estimate of drug-likeness (QED) is 0.697. The molecule has 94 valence electrons. The van der Waals surface area contributed by atoms with E-state index in [1.54, 1.807) is 0 Å². The first-order chi connectivity index (χ1) is 7.53. The van der Waals surface area contributed by atoms with E-state index in [2.05, 4.69) is 24.3 Å². The monoisotopic (exact) mass is 227 g/mol. The smallest absolute Gasteiger partial charge is 0.238 e. The van der Waals surface area contributed by atoms with E-state index in [-0.39, 0.29) is 5.91 Å². The first kappa shape index (κ1) is 13.5. The Balaban J connectivity index is 2.69. The van der Waals surface area contributed by atoms with Gasteiger partial charge in [0.2, 0.25) is 5.91 Å². The van der Waals surface area contributed by atoms with E-state index in [4.69, 9.17) is 5.73 Å². The van der Waals surface area contributed by atoms with Crippen LogP contribution in [0.3, 0.4) is 0 Å². The largest absolute Gasteiger partial charge is 0.368 e. The Kier molecular flexibility index (Phi) is 4.74. The lowest BCUT2D eigenvalue weighted by Crippen LogP contribution is -2.58. The van der Waals surface area contributed by atoms with E-state index in [9.17, 15) is 4.79 Å². The molecule has 2 atom stereocenters. The molecular weight excluding hydrogens is 202 g/mol. The number of amides is 1. The van der Waals surface area contributed by atoms with Crippen LogP contribution in [-0.4, -0.2) is 43.5 Å². The highest BCUT2D eigenvalue weighted by molar-refractivity contribution is 5.85. The van der Waals surface area contributed by atoms with Gasteiger partial charge in [-0.05, 0) is 52.4 Å². The first-order valence-corrected chi connectivity index (χ1v) is 6.22. The molecule has 4 heteroatoms. The zero-order valence-corrected chi connectivity index (χ0v) is 10.8. The Hall–Kier alpha value is -0.610. The molecule has 1 saturated carbocycles. The molecule has 0 heterocycles. The minimum atomic E-state index is -0.440.